The molecule has 0 aliphatic heterocycles. The van der Waals surface area contributed by atoms with Crippen LogP contribution in [0.5, 0.6) is 0 Å². The highest BCUT2D eigenvalue weighted by molar-refractivity contribution is 6.08. The molecule has 25 heavy (non-hydrogen) atoms. The molecule has 2 N–H and O–H groups in total. The molecule has 132 valence electrons. The van der Waals surface area contributed by atoms with Crippen molar-refractivity contribution in [2.75, 3.05) is 6.61 Å². The summed E-state index contributed by atoms with van der Waals surface area (Å²) in [6.45, 7) is 6.05. The summed E-state index contributed by atoms with van der Waals surface area (Å²) in [4.78, 5) is 24.9. The zero-order valence-corrected chi connectivity index (χ0v) is 14.7. The third-order valence-corrected chi connectivity index (χ3v) is 5.49. The third kappa shape index (κ3) is 2.59. The Labute approximate surface area is 147 Å². The molecule has 2 aromatic carbocycles. The number of benzene rings is 2. The molecule has 5 heteroatoms. The summed E-state index contributed by atoms with van der Waals surface area (Å²) in [5.74, 6) is -1.40. The minimum absolute atomic E-state index is 0.193. The summed E-state index contributed by atoms with van der Waals surface area (Å²) >= 11 is 0. The number of nitrogens with one attached hydrogen (secondary N) is 1. The molecule has 1 aliphatic carbocycles. The predicted octanol–water partition coefficient (Wildman–Crippen LogP) is 3.23. The van der Waals surface area contributed by atoms with Gasteiger partial charge < -0.3 is 15.2 Å². The van der Waals surface area contributed by atoms with E-state index in [-0.39, 0.29) is 18.4 Å². The molecule has 0 spiro atoms. The Morgan fingerprint density at radius 1 is 1.20 bits per heavy atom. The van der Waals surface area contributed by atoms with E-state index in [9.17, 15) is 14.7 Å². The van der Waals surface area contributed by atoms with Gasteiger partial charge in [-0.3, -0.25) is 4.79 Å². The van der Waals surface area contributed by atoms with Gasteiger partial charge in [0.15, 0.2) is 0 Å². The zero-order valence-electron chi connectivity index (χ0n) is 14.7. The van der Waals surface area contributed by atoms with Crippen molar-refractivity contribution in [3.05, 3.63) is 48.0 Å². The van der Waals surface area contributed by atoms with Gasteiger partial charge in [0, 0.05) is 24.0 Å². The van der Waals surface area contributed by atoms with Crippen LogP contribution < -0.4 is 5.32 Å². The van der Waals surface area contributed by atoms with Crippen LogP contribution in [0, 0.1) is 5.41 Å². The van der Waals surface area contributed by atoms with E-state index in [1.54, 1.807) is 12.1 Å². The first-order chi connectivity index (χ1) is 11.8. The second-order valence-corrected chi connectivity index (χ2v) is 7.06. The molecule has 0 heterocycles. The minimum atomic E-state index is -1.33. The van der Waals surface area contributed by atoms with Crippen LogP contribution in [0.4, 0.5) is 0 Å². The molecule has 2 aromatic rings. The first kappa shape index (κ1) is 17.4. The SMILES string of the molecule is CCOC1CC(NC(=O)c2cccc3ccccc23)(C(=O)O)C1(C)C. The van der Waals surface area contributed by atoms with Gasteiger partial charge >= 0.3 is 5.97 Å². The summed E-state index contributed by atoms with van der Waals surface area (Å²) in [7, 11) is 0. The summed E-state index contributed by atoms with van der Waals surface area (Å²) in [5.41, 5.74) is -1.55. The van der Waals surface area contributed by atoms with Crippen LogP contribution >= 0.6 is 0 Å². The van der Waals surface area contributed by atoms with Crippen LogP contribution in [-0.4, -0.2) is 35.2 Å². The Balaban J connectivity index is 1.94. The average Bonchev–Trinajstić information content (AvgIpc) is 2.59. The number of carbonyl (C=O) groups is 2. The fourth-order valence-corrected chi connectivity index (χ4v) is 3.72. The Hall–Kier alpha value is -2.40. The largest absolute Gasteiger partial charge is 0.479 e. The summed E-state index contributed by atoms with van der Waals surface area (Å²) in [5, 5.41) is 14.4. The lowest BCUT2D eigenvalue weighted by molar-refractivity contribution is -0.190. The number of carbonyl (C=O) groups excluding carboxylic acids is 1. The number of hydrogen-bond acceptors (Lipinski definition) is 3. The highest BCUT2D eigenvalue weighted by atomic mass is 16.5. The van der Waals surface area contributed by atoms with E-state index in [1.807, 2.05) is 51.1 Å². The van der Waals surface area contributed by atoms with Crippen molar-refractivity contribution < 1.29 is 19.4 Å². The quantitative estimate of drug-likeness (QED) is 0.875. The van der Waals surface area contributed by atoms with E-state index in [4.69, 9.17) is 4.74 Å². The Bertz CT molecular complexity index is 824. The minimum Gasteiger partial charge on any atom is -0.479 e. The number of carboxylic acids is 1. The van der Waals surface area contributed by atoms with Crippen LogP contribution in [0.15, 0.2) is 42.5 Å². The number of aliphatic carboxylic acids is 1. The maximum Gasteiger partial charge on any atom is 0.330 e. The van der Waals surface area contributed by atoms with Crippen molar-refractivity contribution in [1.29, 1.82) is 0 Å². The van der Waals surface area contributed by atoms with Gasteiger partial charge in [-0.1, -0.05) is 50.2 Å². The molecule has 3 rings (SSSR count). The van der Waals surface area contributed by atoms with Gasteiger partial charge in [0.25, 0.3) is 5.91 Å². The van der Waals surface area contributed by atoms with Gasteiger partial charge in [0.05, 0.1) is 6.10 Å². The Kier molecular flexibility index (Phi) is 4.29. The standard InChI is InChI=1S/C20H23NO4/c1-4-25-16-12-20(18(23)24,19(16,2)3)21-17(22)15-11-7-9-13-8-5-6-10-14(13)15/h5-11,16H,4,12H2,1-3H3,(H,21,22)(H,23,24). The molecule has 0 aromatic heterocycles. The van der Waals surface area contributed by atoms with Crippen LogP contribution in [-0.2, 0) is 9.53 Å². The van der Waals surface area contributed by atoms with Gasteiger partial charge in [-0.2, -0.15) is 0 Å². The molecule has 1 saturated carbocycles. The molecule has 5 nitrogen and oxygen atoms in total. The van der Waals surface area contributed by atoms with Crippen LogP contribution in [0.25, 0.3) is 10.8 Å². The predicted molar refractivity (Wildman–Crippen MR) is 95.6 cm³/mol. The van der Waals surface area contributed by atoms with Crippen LogP contribution in [0.2, 0.25) is 0 Å². The first-order valence-corrected chi connectivity index (χ1v) is 8.49. The zero-order chi connectivity index (χ0) is 18.2. The molecule has 1 aliphatic rings. The van der Waals surface area contributed by atoms with Gasteiger partial charge in [-0.15, -0.1) is 0 Å². The van der Waals surface area contributed by atoms with Gasteiger partial charge in [0.2, 0.25) is 0 Å². The van der Waals surface area contributed by atoms with E-state index >= 15 is 0 Å². The summed E-state index contributed by atoms with van der Waals surface area (Å²) in [6, 6.07) is 13.0. The molecule has 1 fully saturated rings. The van der Waals surface area contributed by atoms with Gasteiger partial charge in [-0.25, -0.2) is 4.79 Å². The normalized spacial score (nSPS) is 24.5. The summed E-state index contributed by atoms with van der Waals surface area (Å²) in [6.07, 6.45) is 0.0704. The monoisotopic (exact) mass is 341 g/mol. The number of amides is 1. The number of hydrogen-bond donors (Lipinski definition) is 2. The van der Waals surface area contributed by atoms with Crippen LogP contribution in [0.1, 0.15) is 37.6 Å². The molecule has 0 bridgehead atoms. The fraction of sp³-hybridized carbons (Fsp3) is 0.400. The summed E-state index contributed by atoms with van der Waals surface area (Å²) < 4.78 is 5.64. The van der Waals surface area contributed by atoms with E-state index < -0.39 is 16.9 Å². The molecular formula is C20H23NO4. The van der Waals surface area contributed by atoms with E-state index in [0.717, 1.165) is 10.8 Å². The van der Waals surface area contributed by atoms with Crippen molar-refractivity contribution >= 4 is 22.6 Å². The van der Waals surface area contributed by atoms with Crippen LogP contribution in [0.3, 0.4) is 0 Å². The lowest BCUT2D eigenvalue weighted by Crippen LogP contribution is -2.76. The molecule has 0 saturated heterocycles. The van der Waals surface area contributed by atoms with Crippen molar-refractivity contribution in [2.24, 2.45) is 5.41 Å². The topological polar surface area (TPSA) is 75.6 Å². The first-order valence-electron chi connectivity index (χ1n) is 8.49. The lowest BCUT2D eigenvalue weighted by atomic mass is 9.54. The van der Waals surface area contributed by atoms with Gasteiger partial charge in [0.1, 0.15) is 5.54 Å². The van der Waals surface area contributed by atoms with E-state index in [2.05, 4.69) is 5.32 Å². The smallest absolute Gasteiger partial charge is 0.330 e. The second kappa shape index (κ2) is 6.15. The van der Waals surface area contributed by atoms with E-state index in [0.29, 0.717) is 12.2 Å². The highest BCUT2D eigenvalue weighted by Crippen LogP contribution is 2.51. The fourth-order valence-electron chi connectivity index (χ4n) is 3.72. The van der Waals surface area contributed by atoms with Gasteiger partial charge in [-0.05, 0) is 23.8 Å². The maximum absolute atomic E-state index is 12.9. The highest BCUT2D eigenvalue weighted by Gasteiger charge is 2.66. The molecule has 2 atom stereocenters. The van der Waals surface area contributed by atoms with Crippen molar-refractivity contribution in [3.63, 3.8) is 0 Å². The van der Waals surface area contributed by atoms with Crippen molar-refractivity contribution in [3.8, 4) is 0 Å². The maximum atomic E-state index is 12.9. The second-order valence-electron chi connectivity index (χ2n) is 7.06. The Morgan fingerprint density at radius 3 is 2.52 bits per heavy atom. The number of fused-ring (bicyclic) bond motifs is 1. The number of carboxylic acid groups (broad SMARTS) is 1. The van der Waals surface area contributed by atoms with Crippen molar-refractivity contribution in [1.82, 2.24) is 5.32 Å². The Morgan fingerprint density at radius 2 is 1.88 bits per heavy atom. The molecule has 1 amide bonds. The number of rotatable bonds is 5. The molecule has 2 unspecified atom stereocenters. The number of ether oxygens (including phenoxy) is 1. The lowest BCUT2D eigenvalue weighted by Gasteiger charge is -2.58. The third-order valence-electron chi connectivity index (χ3n) is 5.49. The van der Waals surface area contributed by atoms with E-state index in [1.165, 1.54) is 0 Å². The average molecular weight is 341 g/mol. The molecular weight excluding hydrogens is 318 g/mol. The molecule has 0 radical (unpaired) electrons. The van der Waals surface area contributed by atoms with Crippen molar-refractivity contribution in [2.45, 2.75) is 38.8 Å².